The molecule has 0 saturated heterocycles. The molecule has 1 atom stereocenters. The van der Waals surface area contributed by atoms with Crippen LogP contribution < -0.4 is 5.32 Å². The van der Waals surface area contributed by atoms with Gasteiger partial charge in [-0.05, 0) is 23.8 Å². The van der Waals surface area contributed by atoms with Crippen LogP contribution in [0.4, 0.5) is 14.5 Å². The van der Waals surface area contributed by atoms with Crippen LogP contribution in [0.2, 0.25) is 5.02 Å². The third kappa shape index (κ3) is 3.69. The molecule has 0 amide bonds. The van der Waals surface area contributed by atoms with Gasteiger partial charge in [0.05, 0.1) is 16.8 Å². The molecule has 0 radical (unpaired) electrons. The highest BCUT2D eigenvalue weighted by atomic mass is 79.9. The number of hydrogen-bond donors (Lipinski definition) is 2. The average Bonchev–Trinajstić information content (AvgIpc) is 2.37. The Morgan fingerprint density at radius 1 is 1.25 bits per heavy atom. The van der Waals surface area contributed by atoms with Crippen molar-refractivity contribution < 1.29 is 13.9 Å². The number of nitrogens with one attached hydrogen (secondary N) is 1. The molecule has 0 fully saturated rings. The zero-order valence-corrected chi connectivity index (χ0v) is 12.5. The fraction of sp³-hybridized carbons (Fsp3) is 0.143. The lowest BCUT2D eigenvalue weighted by Gasteiger charge is -2.15. The van der Waals surface area contributed by atoms with Gasteiger partial charge in [0.1, 0.15) is 5.82 Å². The van der Waals surface area contributed by atoms with Crippen LogP contribution in [0.5, 0.6) is 0 Å². The third-order valence-corrected chi connectivity index (χ3v) is 3.50. The summed E-state index contributed by atoms with van der Waals surface area (Å²) in [6.45, 7) is 0.0543. The van der Waals surface area contributed by atoms with Gasteiger partial charge in [0, 0.05) is 17.1 Å². The SMILES string of the molecule is OC(CNc1c(F)cc(F)cc1Cl)c1cccc(Br)c1. The summed E-state index contributed by atoms with van der Waals surface area (Å²) in [5.41, 5.74) is 0.646. The topological polar surface area (TPSA) is 32.3 Å². The number of aliphatic hydroxyl groups excluding tert-OH is 1. The van der Waals surface area contributed by atoms with Crippen LogP contribution in [-0.4, -0.2) is 11.7 Å². The van der Waals surface area contributed by atoms with Gasteiger partial charge in [-0.1, -0.05) is 39.7 Å². The van der Waals surface area contributed by atoms with Crippen LogP contribution in [0, 0.1) is 11.6 Å². The van der Waals surface area contributed by atoms with Crippen molar-refractivity contribution in [2.75, 3.05) is 11.9 Å². The number of benzene rings is 2. The summed E-state index contributed by atoms with van der Waals surface area (Å²) in [5, 5.41) is 12.6. The summed E-state index contributed by atoms with van der Waals surface area (Å²) >= 11 is 9.06. The van der Waals surface area contributed by atoms with Gasteiger partial charge < -0.3 is 10.4 Å². The van der Waals surface area contributed by atoms with Crippen molar-refractivity contribution in [3.05, 3.63) is 63.1 Å². The van der Waals surface area contributed by atoms with Crippen LogP contribution in [0.15, 0.2) is 40.9 Å². The molecule has 0 aliphatic carbocycles. The molecule has 20 heavy (non-hydrogen) atoms. The van der Waals surface area contributed by atoms with E-state index in [4.69, 9.17) is 11.6 Å². The van der Waals surface area contributed by atoms with Gasteiger partial charge in [0.15, 0.2) is 5.82 Å². The molecule has 0 bridgehead atoms. The number of rotatable bonds is 4. The maximum absolute atomic E-state index is 13.6. The Kier molecular flexibility index (Phi) is 4.96. The number of hydrogen-bond acceptors (Lipinski definition) is 2. The second-order valence-electron chi connectivity index (χ2n) is 4.20. The first-order chi connectivity index (χ1) is 9.47. The Morgan fingerprint density at radius 3 is 2.65 bits per heavy atom. The van der Waals surface area contributed by atoms with Crippen LogP contribution >= 0.6 is 27.5 Å². The smallest absolute Gasteiger partial charge is 0.150 e. The molecule has 0 spiro atoms. The lowest BCUT2D eigenvalue weighted by molar-refractivity contribution is 0.191. The van der Waals surface area contributed by atoms with Gasteiger partial charge in [0.2, 0.25) is 0 Å². The Labute approximate surface area is 128 Å². The quantitative estimate of drug-likeness (QED) is 0.838. The number of halogens is 4. The predicted molar refractivity (Wildman–Crippen MR) is 79.0 cm³/mol. The summed E-state index contributed by atoms with van der Waals surface area (Å²) in [6, 6.07) is 8.88. The van der Waals surface area contributed by atoms with E-state index in [2.05, 4.69) is 21.2 Å². The van der Waals surface area contributed by atoms with Gasteiger partial charge in [-0.3, -0.25) is 0 Å². The summed E-state index contributed by atoms with van der Waals surface area (Å²) in [5.74, 6) is -1.54. The van der Waals surface area contributed by atoms with E-state index in [0.717, 1.165) is 16.6 Å². The first-order valence-electron chi connectivity index (χ1n) is 5.79. The fourth-order valence-corrected chi connectivity index (χ4v) is 2.42. The van der Waals surface area contributed by atoms with Gasteiger partial charge >= 0.3 is 0 Å². The molecule has 0 aliphatic heterocycles. The molecular weight excluding hydrogens is 352 g/mol. The second-order valence-corrected chi connectivity index (χ2v) is 5.52. The van der Waals surface area contributed by atoms with Crippen LogP contribution in [-0.2, 0) is 0 Å². The Balaban J connectivity index is 2.09. The minimum absolute atomic E-state index is 0.0258. The van der Waals surface area contributed by atoms with Crippen LogP contribution in [0.1, 0.15) is 11.7 Å². The lowest BCUT2D eigenvalue weighted by Crippen LogP contribution is -2.13. The number of anilines is 1. The number of aliphatic hydroxyl groups is 1. The van der Waals surface area contributed by atoms with Crippen molar-refractivity contribution >= 4 is 33.2 Å². The fourth-order valence-electron chi connectivity index (χ4n) is 1.74. The molecule has 0 saturated carbocycles. The molecule has 2 aromatic carbocycles. The molecule has 2 nitrogen and oxygen atoms in total. The van der Waals surface area contributed by atoms with Crippen molar-refractivity contribution in [2.24, 2.45) is 0 Å². The monoisotopic (exact) mass is 361 g/mol. The van der Waals surface area contributed by atoms with Crippen LogP contribution in [0.25, 0.3) is 0 Å². The summed E-state index contributed by atoms with van der Waals surface area (Å²) in [4.78, 5) is 0. The molecule has 1 unspecified atom stereocenters. The Hall–Kier alpha value is -1.17. The maximum Gasteiger partial charge on any atom is 0.150 e. The van der Waals surface area contributed by atoms with E-state index >= 15 is 0 Å². The summed E-state index contributed by atoms with van der Waals surface area (Å²) in [7, 11) is 0. The Morgan fingerprint density at radius 2 is 2.00 bits per heavy atom. The largest absolute Gasteiger partial charge is 0.387 e. The molecule has 2 N–H and O–H groups in total. The zero-order valence-electron chi connectivity index (χ0n) is 10.2. The Bertz CT molecular complexity index is 601. The van der Waals surface area contributed by atoms with Crippen LogP contribution in [0.3, 0.4) is 0 Å². The molecule has 2 rings (SSSR count). The van der Waals surface area contributed by atoms with E-state index in [1.807, 2.05) is 6.07 Å². The zero-order chi connectivity index (χ0) is 14.7. The highest BCUT2D eigenvalue weighted by Gasteiger charge is 2.13. The van der Waals surface area contributed by atoms with Gasteiger partial charge in [0.25, 0.3) is 0 Å². The van der Waals surface area contributed by atoms with E-state index in [9.17, 15) is 13.9 Å². The highest BCUT2D eigenvalue weighted by molar-refractivity contribution is 9.10. The molecule has 6 heteroatoms. The minimum Gasteiger partial charge on any atom is -0.387 e. The van der Waals surface area contributed by atoms with E-state index in [0.29, 0.717) is 5.56 Å². The van der Waals surface area contributed by atoms with Gasteiger partial charge in [-0.2, -0.15) is 0 Å². The van der Waals surface area contributed by atoms with E-state index in [1.54, 1.807) is 18.2 Å². The molecule has 106 valence electrons. The van der Waals surface area contributed by atoms with E-state index in [-0.39, 0.29) is 17.3 Å². The van der Waals surface area contributed by atoms with Crippen molar-refractivity contribution in [2.45, 2.75) is 6.10 Å². The van der Waals surface area contributed by atoms with E-state index < -0.39 is 17.7 Å². The maximum atomic E-state index is 13.6. The lowest BCUT2D eigenvalue weighted by atomic mass is 10.1. The van der Waals surface area contributed by atoms with Crippen molar-refractivity contribution in [1.82, 2.24) is 0 Å². The third-order valence-electron chi connectivity index (χ3n) is 2.71. The molecule has 2 aromatic rings. The second kappa shape index (κ2) is 6.52. The first-order valence-corrected chi connectivity index (χ1v) is 6.96. The van der Waals surface area contributed by atoms with Gasteiger partial charge in [-0.25, -0.2) is 8.78 Å². The summed E-state index contributed by atoms with van der Waals surface area (Å²) in [6.07, 6.45) is -0.840. The normalized spacial score (nSPS) is 12.2. The molecule has 0 aliphatic rings. The summed E-state index contributed by atoms with van der Waals surface area (Å²) < 4.78 is 27.3. The predicted octanol–water partition coefficient (Wildman–Crippen LogP) is 4.53. The highest BCUT2D eigenvalue weighted by Crippen LogP contribution is 2.27. The van der Waals surface area contributed by atoms with Crippen molar-refractivity contribution in [1.29, 1.82) is 0 Å². The standard InChI is InChI=1S/C14H11BrClF2NO/c15-9-3-1-2-8(4-9)13(20)7-19-14-11(16)5-10(17)6-12(14)18/h1-6,13,19-20H,7H2. The van der Waals surface area contributed by atoms with Crippen molar-refractivity contribution in [3.63, 3.8) is 0 Å². The first kappa shape index (κ1) is 15.2. The van der Waals surface area contributed by atoms with Gasteiger partial charge in [-0.15, -0.1) is 0 Å². The van der Waals surface area contributed by atoms with Crippen molar-refractivity contribution in [3.8, 4) is 0 Å². The average molecular weight is 363 g/mol. The molecule has 0 heterocycles. The molecule has 0 aromatic heterocycles. The minimum atomic E-state index is -0.840. The van der Waals surface area contributed by atoms with E-state index in [1.165, 1.54) is 0 Å². The molecular formula is C14H11BrClF2NO.